The average Bonchev–Trinajstić information content (AvgIpc) is 2.43. The Morgan fingerprint density at radius 2 is 1.90 bits per heavy atom. The van der Waals surface area contributed by atoms with Crippen molar-refractivity contribution in [2.24, 2.45) is 0 Å². The van der Waals surface area contributed by atoms with E-state index in [4.69, 9.17) is 4.74 Å². The number of rotatable bonds is 8. The van der Waals surface area contributed by atoms with Crippen LogP contribution in [0.1, 0.15) is 39.0 Å². The first kappa shape index (κ1) is 16.2. The largest absolute Gasteiger partial charge is 0.383 e. The highest BCUT2D eigenvalue weighted by Crippen LogP contribution is 2.33. The molecule has 118 valence electrons. The van der Waals surface area contributed by atoms with Crippen molar-refractivity contribution in [2.45, 2.75) is 57.2 Å². The monoisotopic (exact) mass is 283 g/mol. The number of fused-ring (bicyclic) bond motifs is 2. The molecule has 0 amide bonds. The van der Waals surface area contributed by atoms with Gasteiger partial charge in [-0.15, -0.1) is 0 Å². The maximum absolute atomic E-state index is 5.16. The lowest BCUT2D eigenvalue weighted by atomic mass is 9.81. The van der Waals surface area contributed by atoms with E-state index < -0.39 is 0 Å². The number of ether oxygens (including phenoxy) is 1. The Hall–Kier alpha value is -0.160. The van der Waals surface area contributed by atoms with E-state index in [0.717, 1.165) is 37.8 Å². The molecule has 0 saturated carbocycles. The number of likely N-dealkylation sites (N-methyl/N-ethyl adjacent to an activating group) is 1. The summed E-state index contributed by atoms with van der Waals surface area (Å²) in [7, 11) is 3.99. The summed E-state index contributed by atoms with van der Waals surface area (Å²) in [6.07, 6.45) is 6.95. The van der Waals surface area contributed by atoms with Gasteiger partial charge in [0, 0.05) is 44.9 Å². The number of hydrogen-bond acceptors (Lipinski definition) is 4. The molecule has 2 aliphatic rings. The zero-order valence-corrected chi connectivity index (χ0v) is 13.6. The Morgan fingerprint density at radius 3 is 2.50 bits per heavy atom. The van der Waals surface area contributed by atoms with E-state index in [0.29, 0.717) is 0 Å². The molecule has 0 spiro atoms. The van der Waals surface area contributed by atoms with Crippen molar-refractivity contribution in [1.82, 2.24) is 15.1 Å². The molecule has 2 atom stereocenters. The summed E-state index contributed by atoms with van der Waals surface area (Å²) in [6.45, 7) is 7.62. The summed E-state index contributed by atoms with van der Waals surface area (Å²) in [5, 5.41) is 3.67. The van der Waals surface area contributed by atoms with Gasteiger partial charge in [-0.3, -0.25) is 4.90 Å². The maximum atomic E-state index is 5.16. The predicted octanol–water partition coefficient (Wildman–Crippen LogP) is 1.56. The van der Waals surface area contributed by atoms with Crippen LogP contribution < -0.4 is 5.32 Å². The van der Waals surface area contributed by atoms with Crippen LogP contribution in [0.2, 0.25) is 0 Å². The number of methoxy groups -OCH3 is 1. The molecule has 2 saturated heterocycles. The number of piperidine rings is 2. The van der Waals surface area contributed by atoms with Crippen molar-refractivity contribution < 1.29 is 4.74 Å². The lowest BCUT2D eigenvalue weighted by molar-refractivity contribution is 0.0179. The van der Waals surface area contributed by atoms with E-state index in [1.807, 2.05) is 0 Å². The second-order valence-electron chi connectivity index (χ2n) is 6.50. The van der Waals surface area contributed by atoms with Gasteiger partial charge in [-0.25, -0.2) is 0 Å². The standard InChI is InChI=1S/C16H33N3O/c1-4-17-14-12-15-6-5-7-16(13-14)19(15)9-8-18(2)10-11-20-3/h14-17H,4-13H2,1-3H3. The van der Waals surface area contributed by atoms with Crippen molar-refractivity contribution in [3.05, 3.63) is 0 Å². The van der Waals surface area contributed by atoms with Gasteiger partial charge in [0.05, 0.1) is 6.61 Å². The minimum Gasteiger partial charge on any atom is -0.383 e. The van der Waals surface area contributed by atoms with Crippen molar-refractivity contribution in [3.63, 3.8) is 0 Å². The fourth-order valence-electron chi connectivity index (χ4n) is 3.94. The van der Waals surface area contributed by atoms with Crippen molar-refractivity contribution in [3.8, 4) is 0 Å². The van der Waals surface area contributed by atoms with Crippen LogP contribution in [0.4, 0.5) is 0 Å². The Bertz CT molecular complexity index is 260. The summed E-state index contributed by atoms with van der Waals surface area (Å²) in [5.41, 5.74) is 0. The van der Waals surface area contributed by atoms with Crippen LogP contribution in [0, 0.1) is 0 Å². The molecule has 2 fully saturated rings. The topological polar surface area (TPSA) is 27.7 Å². The van der Waals surface area contributed by atoms with Gasteiger partial charge < -0.3 is 15.0 Å². The molecule has 0 aromatic carbocycles. The van der Waals surface area contributed by atoms with Gasteiger partial charge >= 0.3 is 0 Å². The molecule has 0 aliphatic carbocycles. The quantitative estimate of drug-likeness (QED) is 0.732. The van der Waals surface area contributed by atoms with Crippen LogP contribution in [0.5, 0.6) is 0 Å². The highest BCUT2D eigenvalue weighted by molar-refractivity contribution is 4.95. The summed E-state index contributed by atoms with van der Waals surface area (Å²) in [6, 6.07) is 2.41. The van der Waals surface area contributed by atoms with Gasteiger partial charge in [-0.1, -0.05) is 13.3 Å². The van der Waals surface area contributed by atoms with Gasteiger partial charge in [-0.05, 0) is 39.3 Å². The zero-order chi connectivity index (χ0) is 14.4. The molecule has 2 rings (SSSR count). The minimum absolute atomic E-state index is 0.762. The smallest absolute Gasteiger partial charge is 0.0589 e. The fraction of sp³-hybridized carbons (Fsp3) is 1.00. The lowest BCUT2D eigenvalue weighted by Gasteiger charge is -2.49. The zero-order valence-electron chi connectivity index (χ0n) is 13.6. The van der Waals surface area contributed by atoms with Crippen LogP contribution in [-0.4, -0.2) is 74.9 Å². The fourth-order valence-corrected chi connectivity index (χ4v) is 3.94. The van der Waals surface area contributed by atoms with Crippen molar-refractivity contribution in [1.29, 1.82) is 0 Å². The average molecular weight is 283 g/mol. The molecule has 2 aliphatic heterocycles. The Morgan fingerprint density at radius 1 is 1.20 bits per heavy atom. The minimum atomic E-state index is 0.762. The molecular formula is C16H33N3O. The molecule has 0 aromatic heterocycles. The first-order chi connectivity index (χ1) is 9.74. The van der Waals surface area contributed by atoms with E-state index in [1.54, 1.807) is 7.11 Å². The van der Waals surface area contributed by atoms with E-state index in [1.165, 1.54) is 45.2 Å². The van der Waals surface area contributed by atoms with Crippen LogP contribution in [-0.2, 0) is 4.74 Å². The molecular weight excluding hydrogens is 250 g/mol. The predicted molar refractivity (Wildman–Crippen MR) is 84.2 cm³/mol. The number of nitrogens with zero attached hydrogens (tertiary/aromatic N) is 2. The first-order valence-corrected chi connectivity index (χ1v) is 8.41. The van der Waals surface area contributed by atoms with Gasteiger partial charge in [0.15, 0.2) is 0 Å². The number of nitrogens with one attached hydrogen (secondary N) is 1. The SMILES string of the molecule is CCNC1CC2CCCC(C1)N2CCN(C)CCOC. The van der Waals surface area contributed by atoms with E-state index in [2.05, 4.69) is 29.1 Å². The van der Waals surface area contributed by atoms with E-state index in [9.17, 15) is 0 Å². The van der Waals surface area contributed by atoms with Gasteiger partial charge in [0.25, 0.3) is 0 Å². The third kappa shape index (κ3) is 4.42. The first-order valence-electron chi connectivity index (χ1n) is 8.41. The van der Waals surface area contributed by atoms with Crippen molar-refractivity contribution in [2.75, 3.05) is 46.9 Å². The third-order valence-corrected chi connectivity index (χ3v) is 5.04. The summed E-state index contributed by atoms with van der Waals surface area (Å²) >= 11 is 0. The van der Waals surface area contributed by atoms with Crippen LogP contribution in [0.25, 0.3) is 0 Å². The van der Waals surface area contributed by atoms with E-state index >= 15 is 0 Å². The van der Waals surface area contributed by atoms with Gasteiger partial charge in [0.2, 0.25) is 0 Å². The van der Waals surface area contributed by atoms with Gasteiger partial charge in [-0.2, -0.15) is 0 Å². The van der Waals surface area contributed by atoms with Crippen LogP contribution in [0.15, 0.2) is 0 Å². The molecule has 2 heterocycles. The molecule has 20 heavy (non-hydrogen) atoms. The van der Waals surface area contributed by atoms with Gasteiger partial charge in [0.1, 0.15) is 0 Å². The van der Waals surface area contributed by atoms with Crippen molar-refractivity contribution >= 4 is 0 Å². The maximum Gasteiger partial charge on any atom is 0.0589 e. The Balaban J connectivity index is 1.79. The molecule has 4 nitrogen and oxygen atoms in total. The number of hydrogen-bond donors (Lipinski definition) is 1. The summed E-state index contributed by atoms with van der Waals surface area (Å²) in [5.74, 6) is 0. The highest BCUT2D eigenvalue weighted by Gasteiger charge is 2.37. The molecule has 2 bridgehead atoms. The second kappa shape index (κ2) is 8.32. The lowest BCUT2D eigenvalue weighted by Crippen LogP contribution is -2.57. The molecule has 4 heteroatoms. The molecule has 0 radical (unpaired) electrons. The molecule has 1 N–H and O–H groups in total. The summed E-state index contributed by atoms with van der Waals surface area (Å²) in [4.78, 5) is 5.20. The Labute approximate surface area is 124 Å². The van der Waals surface area contributed by atoms with E-state index in [-0.39, 0.29) is 0 Å². The Kier molecular flexibility index (Phi) is 6.75. The molecule has 0 aromatic rings. The summed E-state index contributed by atoms with van der Waals surface area (Å²) < 4.78 is 5.16. The highest BCUT2D eigenvalue weighted by atomic mass is 16.5. The normalized spacial score (nSPS) is 30.9. The van der Waals surface area contributed by atoms with Crippen LogP contribution >= 0.6 is 0 Å². The second-order valence-corrected chi connectivity index (χ2v) is 6.50. The van der Waals surface area contributed by atoms with Crippen LogP contribution in [0.3, 0.4) is 0 Å². The third-order valence-electron chi connectivity index (χ3n) is 5.04. The molecule has 2 unspecified atom stereocenters.